The Bertz CT molecular complexity index is 1200. The molecule has 0 saturated heterocycles. The van der Waals surface area contributed by atoms with Crippen molar-refractivity contribution in [1.82, 2.24) is 15.0 Å². The first-order valence-corrected chi connectivity index (χ1v) is 11.3. The number of rotatable bonds is 5. The molecule has 168 valence electrons. The Labute approximate surface area is 196 Å². The molecule has 5 rings (SSSR count). The van der Waals surface area contributed by atoms with Crippen molar-refractivity contribution in [3.63, 3.8) is 0 Å². The van der Waals surface area contributed by atoms with Gasteiger partial charge < -0.3 is 11.1 Å². The van der Waals surface area contributed by atoms with E-state index >= 15 is 0 Å². The highest BCUT2D eigenvalue weighted by atomic mass is 15.0. The van der Waals surface area contributed by atoms with Crippen LogP contribution in [0.15, 0.2) is 67.0 Å². The molecule has 0 amide bonds. The maximum atomic E-state index is 6.11. The largest absolute Gasteiger partial charge is 0.383 e. The fraction of sp³-hybridized carbons (Fsp3) is 0.250. The summed E-state index contributed by atoms with van der Waals surface area (Å²) < 4.78 is 0. The molecule has 1 aliphatic rings. The zero-order valence-electron chi connectivity index (χ0n) is 19.3. The highest BCUT2D eigenvalue weighted by Gasteiger charge is 2.13. The van der Waals surface area contributed by atoms with Crippen LogP contribution in [0.3, 0.4) is 0 Å². The van der Waals surface area contributed by atoms with Crippen molar-refractivity contribution >= 4 is 22.5 Å². The summed E-state index contributed by atoms with van der Waals surface area (Å²) in [5.74, 6) is 2.38. The maximum Gasteiger partial charge on any atom is 0.135 e. The van der Waals surface area contributed by atoms with E-state index in [1.54, 1.807) is 0 Å². The number of terminal acetylenes is 1. The zero-order valence-corrected chi connectivity index (χ0v) is 19.3. The summed E-state index contributed by atoms with van der Waals surface area (Å²) in [6.07, 6.45) is 13.1. The van der Waals surface area contributed by atoms with Crippen LogP contribution in [0.4, 0.5) is 11.6 Å². The molecular formula is C28H31N5. The molecule has 33 heavy (non-hydrogen) atoms. The van der Waals surface area contributed by atoms with E-state index in [0.29, 0.717) is 12.2 Å². The van der Waals surface area contributed by atoms with Crippen molar-refractivity contribution in [1.29, 1.82) is 0 Å². The zero-order chi connectivity index (χ0) is 23.6. The molecule has 3 N–H and O–H groups in total. The van der Waals surface area contributed by atoms with Gasteiger partial charge in [0.2, 0.25) is 0 Å². The van der Waals surface area contributed by atoms with Crippen LogP contribution < -0.4 is 11.1 Å². The van der Waals surface area contributed by atoms with Gasteiger partial charge in [0.25, 0.3) is 0 Å². The molecule has 2 aromatic carbocycles. The normalized spacial score (nSPS) is 12.1. The Morgan fingerprint density at radius 2 is 1.70 bits per heavy atom. The first kappa shape index (κ1) is 23.7. The molecule has 0 spiro atoms. The van der Waals surface area contributed by atoms with E-state index in [-0.39, 0.29) is 0 Å². The molecule has 0 atom stereocenters. The predicted molar refractivity (Wildman–Crippen MR) is 139 cm³/mol. The second-order valence-electron chi connectivity index (χ2n) is 8.07. The fourth-order valence-corrected chi connectivity index (χ4v) is 3.33. The number of pyridine rings is 1. The predicted octanol–water partition coefficient (Wildman–Crippen LogP) is 5.96. The molecule has 0 bridgehead atoms. The summed E-state index contributed by atoms with van der Waals surface area (Å²) in [5.41, 5.74) is 11.2. The summed E-state index contributed by atoms with van der Waals surface area (Å²) >= 11 is 0. The van der Waals surface area contributed by atoms with Crippen LogP contribution in [-0.2, 0) is 6.42 Å². The molecule has 5 heteroatoms. The van der Waals surface area contributed by atoms with E-state index < -0.39 is 0 Å². The van der Waals surface area contributed by atoms with Gasteiger partial charge in [-0.25, -0.2) is 15.0 Å². The van der Waals surface area contributed by atoms with E-state index in [4.69, 9.17) is 10.7 Å². The first-order valence-electron chi connectivity index (χ1n) is 11.3. The summed E-state index contributed by atoms with van der Waals surface area (Å²) in [6, 6.07) is 20.7. The van der Waals surface area contributed by atoms with Gasteiger partial charge in [-0.15, -0.1) is 12.8 Å². The van der Waals surface area contributed by atoms with Crippen LogP contribution >= 0.6 is 0 Å². The number of fused-ring (bicyclic) bond motifs is 1. The standard InChI is InChI=1S/C22H21N5.C4H8.C2H2/c1-2-24-22-18(21(23)25-14-26-22)12-15-8-9-17-10-11-19(27-20(17)13-15)16-6-4-3-5-7-16;1-4-2-3-4;1-2/h3-11,13-14H,2,12H2,1H3,(H3,23,24,25,26);4H,2-3H2,1H3;1-2H. The van der Waals surface area contributed by atoms with E-state index in [2.05, 4.69) is 77.5 Å². The van der Waals surface area contributed by atoms with E-state index in [9.17, 15) is 0 Å². The third kappa shape index (κ3) is 6.54. The topological polar surface area (TPSA) is 76.7 Å². The lowest BCUT2D eigenvalue weighted by atomic mass is 10.0. The number of aromatic nitrogens is 3. The summed E-state index contributed by atoms with van der Waals surface area (Å²) in [6.45, 7) is 5.09. The minimum Gasteiger partial charge on any atom is -0.383 e. The van der Waals surface area contributed by atoms with Crippen LogP contribution in [0.2, 0.25) is 0 Å². The monoisotopic (exact) mass is 437 g/mol. The Hall–Kier alpha value is -3.91. The van der Waals surface area contributed by atoms with E-state index in [1.165, 1.54) is 19.2 Å². The number of nitrogens with two attached hydrogens (primary N) is 1. The minimum absolute atomic E-state index is 0.507. The number of anilines is 2. The van der Waals surface area contributed by atoms with Crippen LogP contribution in [0.1, 0.15) is 37.8 Å². The molecule has 0 aliphatic heterocycles. The van der Waals surface area contributed by atoms with Gasteiger partial charge in [0.15, 0.2) is 0 Å². The number of nitrogens with one attached hydrogen (secondary N) is 1. The Morgan fingerprint density at radius 1 is 1.00 bits per heavy atom. The van der Waals surface area contributed by atoms with Crippen LogP contribution in [0.25, 0.3) is 22.2 Å². The number of hydrogen-bond donors (Lipinski definition) is 2. The quantitative estimate of drug-likeness (QED) is 0.377. The van der Waals surface area contributed by atoms with Gasteiger partial charge in [-0.3, -0.25) is 0 Å². The van der Waals surface area contributed by atoms with E-state index in [0.717, 1.165) is 51.6 Å². The Kier molecular flexibility index (Phi) is 8.37. The fourth-order valence-electron chi connectivity index (χ4n) is 3.33. The molecule has 1 aliphatic carbocycles. The van der Waals surface area contributed by atoms with Crippen molar-refractivity contribution in [3.8, 4) is 24.1 Å². The highest BCUT2D eigenvalue weighted by Crippen LogP contribution is 2.27. The number of hydrogen-bond acceptors (Lipinski definition) is 5. The molecule has 2 heterocycles. The van der Waals surface area contributed by atoms with Gasteiger partial charge in [-0.2, -0.15) is 0 Å². The lowest BCUT2D eigenvalue weighted by molar-refractivity contribution is 0.983. The van der Waals surface area contributed by atoms with Gasteiger partial charge >= 0.3 is 0 Å². The highest BCUT2D eigenvalue weighted by molar-refractivity contribution is 5.82. The van der Waals surface area contributed by atoms with Crippen molar-refractivity contribution in [2.24, 2.45) is 5.92 Å². The summed E-state index contributed by atoms with van der Waals surface area (Å²) in [4.78, 5) is 13.3. The minimum atomic E-state index is 0.507. The van der Waals surface area contributed by atoms with Gasteiger partial charge in [-0.05, 0) is 30.5 Å². The maximum absolute atomic E-state index is 6.11. The van der Waals surface area contributed by atoms with Crippen LogP contribution in [-0.4, -0.2) is 21.5 Å². The summed E-state index contributed by atoms with van der Waals surface area (Å²) in [7, 11) is 0. The van der Waals surface area contributed by atoms with Crippen molar-refractivity contribution in [3.05, 3.63) is 78.1 Å². The van der Waals surface area contributed by atoms with Gasteiger partial charge in [0.1, 0.15) is 18.0 Å². The smallest absolute Gasteiger partial charge is 0.135 e. The number of nitrogen functional groups attached to an aromatic ring is 1. The SMILES string of the molecule is C#C.CC1CC1.CCNc1ncnc(N)c1Cc1ccc2ccc(-c3ccccc3)nc2c1. The lowest BCUT2D eigenvalue weighted by Gasteiger charge is -2.12. The average molecular weight is 438 g/mol. The summed E-state index contributed by atoms with van der Waals surface area (Å²) in [5, 5.41) is 4.37. The van der Waals surface area contributed by atoms with Gasteiger partial charge in [-0.1, -0.05) is 68.3 Å². The third-order valence-corrected chi connectivity index (χ3v) is 5.40. The second kappa shape index (κ2) is 11.6. The Balaban J connectivity index is 0.000000452. The van der Waals surface area contributed by atoms with Crippen molar-refractivity contribution < 1.29 is 0 Å². The number of nitrogens with zero attached hydrogens (tertiary/aromatic N) is 3. The van der Waals surface area contributed by atoms with E-state index in [1.807, 2.05) is 25.1 Å². The van der Waals surface area contributed by atoms with Crippen LogP contribution in [0.5, 0.6) is 0 Å². The third-order valence-electron chi connectivity index (χ3n) is 5.40. The number of benzene rings is 2. The Morgan fingerprint density at radius 3 is 2.36 bits per heavy atom. The molecule has 5 nitrogen and oxygen atoms in total. The second-order valence-corrected chi connectivity index (χ2v) is 8.07. The average Bonchev–Trinajstić information content (AvgIpc) is 3.65. The van der Waals surface area contributed by atoms with Gasteiger partial charge in [0, 0.05) is 29.5 Å². The van der Waals surface area contributed by atoms with Crippen LogP contribution in [0, 0.1) is 18.8 Å². The van der Waals surface area contributed by atoms with Crippen molar-refractivity contribution in [2.75, 3.05) is 17.6 Å². The molecule has 0 radical (unpaired) electrons. The molecule has 1 fully saturated rings. The molecule has 4 aromatic rings. The first-order chi connectivity index (χ1) is 16.1. The molecule has 0 unspecified atom stereocenters. The molecule has 2 aromatic heterocycles. The lowest BCUT2D eigenvalue weighted by Crippen LogP contribution is -2.08. The molecular weight excluding hydrogens is 406 g/mol. The molecule has 1 saturated carbocycles. The van der Waals surface area contributed by atoms with Crippen molar-refractivity contribution in [2.45, 2.75) is 33.1 Å². The van der Waals surface area contributed by atoms with Gasteiger partial charge in [0.05, 0.1) is 11.2 Å².